The average Bonchev–Trinajstić information content (AvgIpc) is 2.46. The molecular formula is C16H23FN2O4S. The third kappa shape index (κ3) is 3.70. The number of carbonyl (C=O) groups excluding carboxylic acids is 1. The first-order valence-corrected chi connectivity index (χ1v) is 9.51. The molecule has 2 rings (SSSR count). The maximum absolute atomic E-state index is 13.7. The lowest BCUT2D eigenvalue weighted by Crippen LogP contribution is -2.56. The fraction of sp³-hybridized carbons (Fsp3) is 0.562. The molecule has 134 valence electrons. The first-order chi connectivity index (χ1) is 11.1. The number of fused-ring (bicyclic) bond motifs is 1. The number of hydrogen-bond acceptors (Lipinski definition) is 5. The number of benzene rings is 1. The van der Waals surface area contributed by atoms with E-state index in [9.17, 15) is 17.6 Å². The molecule has 8 heteroatoms. The van der Waals surface area contributed by atoms with E-state index in [4.69, 9.17) is 10.5 Å². The number of nitrogens with two attached hydrogens (primary N) is 1. The Balaban J connectivity index is 2.51. The predicted molar refractivity (Wildman–Crippen MR) is 88.9 cm³/mol. The lowest BCUT2D eigenvalue weighted by molar-refractivity contribution is -0.117. The molecule has 24 heavy (non-hydrogen) atoms. The molecule has 0 saturated heterocycles. The highest BCUT2D eigenvalue weighted by atomic mass is 32.2. The predicted octanol–water partition coefficient (Wildman–Crippen LogP) is 1.31. The van der Waals surface area contributed by atoms with E-state index in [1.807, 2.05) is 0 Å². The van der Waals surface area contributed by atoms with Crippen molar-refractivity contribution < 1.29 is 22.3 Å². The number of halogens is 1. The summed E-state index contributed by atoms with van der Waals surface area (Å²) in [4.78, 5) is 11.0. The molecule has 6 nitrogen and oxygen atoms in total. The van der Waals surface area contributed by atoms with Crippen LogP contribution >= 0.6 is 0 Å². The van der Waals surface area contributed by atoms with E-state index in [1.165, 1.54) is 18.2 Å². The van der Waals surface area contributed by atoms with Gasteiger partial charge in [0.1, 0.15) is 22.4 Å². The van der Waals surface area contributed by atoms with Gasteiger partial charge in [-0.25, -0.2) is 12.8 Å². The molecule has 2 atom stereocenters. The second-order valence-electron chi connectivity index (χ2n) is 6.41. The van der Waals surface area contributed by atoms with Crippen LogP contribution in [0.1, 0.15) is 38.8 Å². The van der Waals surface area contributed by atoms with Crippen molar-refractivity contribution >= 4 is 15.7 Å². The molecule has 0 spiro atoms. The number of primary amides is 1. The number of amides is 1. The van der Waals surface area contributed by atoms with Crippen LogP contribution in [0, 0.1) is 5.82 Å². The number of rotatable bonds is 6. The quantitative estimate of drug-likeness (QED) is 0.799. The molecule has 1 aromatic carbocycles. The maximum Gasteiger partial charge on any atom is 0.218 e. The zero-order valence-electron chi connectivity index (χ0n) is 14.0. The molecule has 0 aliphatic carbocycles. The standard InChI is InChI=1S/C16H23FN2O4S/c1-4-24(21,22)15-14(19-8-7-13(18)20)11-9-10(17)5-6-12(11)23-16(15,2)3/h5-6,9,14-15,19H,4,7-8H2,1-3H3,(H2,18,20). The van der Waals surface area contributed by atoms with E-state index < -0.39 is 38.5 Å². The number of nitrogens with one attached hydrogen (secondary N) is 1. The van der Waals surface area contributed by atoms with Gasteiger partial charge in [-0.3, -0.25) is 4.79 Å². The fourth-order valence-electron chi connectivity index (χ4n) is 3.15. The molecule has 2 unspecified atom stereocenters. The SMILES string of the molecule is CCS(=O)(=O)C1C(NCCC(N)=O)c2cc(F)ccc2OC1(C)C. The normalized spacial score (nSPS) is 22.5. The molecule has 1 amide bonds. The van der Waals surface area contributed by atoms with Gasteiger partial charge in [-0.15, -0.1) is 0 Å². The summed E-state index contributed by atoms with van der Waals surface area (Å²) in [5.74, 6) is -0.613. The van der Waals surface area contributed by atoms with Gasteiger partial charge in [0, 0.05) is 24.3 Å². The summed E-state index contributed by atoms with van der Waals surface area (Å²) >= 11 is 0. The minimum absolute atomic E-state index is 0.0569. The van der Waals surface area contributed by atoms with Crippen molar-refractivity contribution in [2.24, 2.45) is 5.73 Å². The van der Waals surface area contributed by atoms with Crippen LogP contribution in [0.4, 0.5) is 4.39 Å². The molecule has 1 aliphatic heterocycles. The van der Waals surface area contributed by atoms with Crippen LogP contribution in [0.5, 0.6) is 5.75 Å². The van der Waals surface area contributed by atoms with Gasteiger partial charge in [-0.2, -0.15) is 0 Å². The van der Waals surface area contributed by atoms with Gasteiger partial charge in [0.15, 0.2) is 9.84 Å². The van der Waals surface area contributed by atoms with Crippen LogP contribution in [-0.4, -0.2) is 37.5 Å². The molecule has 1 aliphatic rings. The third-order valence-electron chi connectivity index (χ3n) is 4.19. The van der Waals surface area contributed by atoms with Crippen molar-refractivity contribution in [2.45, 2.75) is 44.1 Å². The van der Waals surface area contributed by atoms with Crippen molar-refractivity contribution in [3.8, 4) is 5.75 Å². The third-order valence-corrected chi connectivity index (χ3v) is 6.61. The largest absolute Gasteiger partial charge is 0.486 e. The van der Waals surface area contributed by atoms with Crippen molar-refractivity contribution in [2.75, 3.05) is 12.3 Å². The molecular weight excluding hydrogens is 335 g/mol. The average molecular weight is 358 g/mol. The minimum atomic E-state index is -3.51. The van der Waals surface area contributed by atoms with Crippen LogP contribution in [0.2, 0.25) is 0 Å². The maximum atomic E-state index is 13.7. The monoisotopic (exact) mass is 358 g/mol. The number of sulfone groups is 1. The summed E-state index contributed by atoms with van der Waals surface area (Å²) in [6.45, 7) is 5.15. The molecule has 1 aromatic rings. The second kappa shape index (κ2) is 6.68. The Morgan fingerprint density at radius 1 is 1.42 bits per heavy atom. The summed E-state index contributed by atoms with van der Waals surface area (Å²) in [6, 6.07) is 3.34. The number of hydrogen-bond donors (Lipinski definition) is 2. The molecule has 0 fully saturated rings. The molecule has 3 N–H and O–H groups in total. The van der Waals surface area contributed by atoms with E-state index in [2.05, 4.69) is 5.32 Å². The Hall–Kier alpha value is -1.67. The fourth-order valence-corrected chi connectivity index (χ4v) is 5.08. The lowest BCUT2D eigenvalue weighted by Gasteiger charge is -2.44. The van der Waals surface area contributed by atoms with Gasteiger partial charge in [0.05, 0.1) is 6.04 Å². The Morgan fingerprint density at radius 3 is 2.67 bits per heavy atom. The second-order valence-corrected chi connectivity index (χ2v) is 8.82. The van der Waals surface area contributed by atoms with Gasteiger partial charge in [-0.1, -0.05) is 6.92 Å². The molecule has 1 heterocycles. The van der Waals surface area contributed by atoms with Crippen LogP contribution in [0.3, 0.4) is 0 Å². The minimum Gasteiger partial charge on any atom is -0.486 e. The summed E-state index contributed by atoms with van der Waals surface area (Å²) in [5, 5.41) is 2.14. The first-order valence-electron chi connectivity index (χ1n) is 7.80. The van der Waals surface area contributed by atoms with Crippen molar-refractivity contribution in [1.82, 2.24) is 5.32 Å². The topological polar surface area (TPSA) is 98.5 Å². The van der Waals surface area contributed by atoms with Gasteiger partial charge in [-0.05, 0) is 32.0 Å². The molecule has 0 bridgehead atoms. The van der Waals surface area contributed by atoms with E-state index in [0.29, 0.717) is 11.3 Å². The Labute approximate surface area is 141 Å². The first kappa shape index (κ1) is 18.7. The Kier molecular flexibility index (Phi) is 5.19. The Morgan fingerprint density at radius 2 is 2.08 bits per heavy atom. The summed E-state index contributed by atoms with van der Waals surface area (Å²) < 4.78 is 44.9. The Bertz CT molecular complexity index is 734. The van der Waals surface area contributed by atoms with E-state index >= 15 is 0 Å². The highest BCUT2D eigenvalue weighted by Crippen LogP contribution is 2.43. The number of ether oxygens (including phenoxy) is 1. The van der Waals surface area contributed by atoms with Crippen LogP contribution in [0.25, 0.3) is 0 Å². The van der Waals surface area contributed by atoms with Crippen molar-refractivity contribution in [3.05, 3.63) is 29.6 Å². The van der Waals surface area contributed by atoms with E-state index in [-0.39, 0.29) is 18.7 Å². The smallest absolute Gasteiger partial charge is 0.218 e. The van der Waals surface area contributed by atoms with E-state index in [1.54, 1.807) is 20.8 Å². The van der Waals surface area contributed by atoms with Gasteiger partial charge < -0.3 is 15.8 Å². The lowest BCUT2D eigenvalue weighted by atomic mass is 9.88. The van der Waals surface area contributed by atoms with Gasteiger partial charge in [0.25, 0.3) is 0 Å². The zero-order chi connectivity index (χ0) is 18.1. The highest BCUT2D eigenvalue weighted by Gasteiger charge is 2.50. The molecule has 0 saturated carbocycles. The van der Waals surface area contributed by atoms with Crippen LogP contribution < -0.4 is 15.8 Å². The number of carbonyl (C=O) groups is 1. The highest BCUT2D eigenvalue weighted by molar-refractivity contribution is 7.92. The van der Waals surface area contributed by atoms with E-state index in [0.717, 1.165) is 0 Å². The summed E-state index contributed by atoms with van der Waals surface area (Å²) in [7, 11) is -3.51. The van der Waals surface area contributed by atoms with Crippen LogP contribution in [0.15, 0.2) is 18.2 Å². The van der Waals surface area contributed by atoms with Crippen LogP contribution in [-0.2, 0) is 14.6 Å². The molecule has 0 aromatic heterocycles. The van der Waals surface area contributed by atoms with Gasteiger partial charge in [0.2, 0.25) is 5.91 Å². The summed E-state index contributed by atoms with van der Waals surface area (Å²) in [5.41, 5.74) is 4.57. The zero-order valence-corrected chi connectivity index (χ0v) is 14.8. The molecule has 0 radical (unpaired) electrons. The van der Waals surface area contributed by atoms with Crippen molar-refractivity contribution in [3.63, 3.8) is 0 Å². The summed E-state index contributed by atoms with van der Waals surface area (Å²) in [6.07, 6.45) is 0.0569. The van der Waals surface area contributed by atoms with Crippen molar-refractivity contribution in [1.29, 1.82) is 0 Å². The van der Waals surface area contributed by atoms with Gasteiger partial charge >= 0.3 is 0 Å².